The molecule has 0 aliphatic rings. The van der Waals surface area contributed by atoms with Crippen LogP contribution in [0.15, 0.2) is 23.7 Å². The van der Waals surface area contributed by atoms with E-state index < -0.39 is 0 Å². The van der Waals surface area contributed by atoms with E-state index in [-0.39, 0.29) is 6.10 Å². The van der Waals surface area contributed by atoms with Crippen molar-refractivity contribution in [3.05, 3.63) is 45.1 Å². The fraction of sp³-hybridized carbons (Fsp3) is 0.467. The molecule has 0 fully saturated rings. The van der Waals surface area contributed by atoms with Gasteiger partial charge in [0.05, 0.1) is 5.69 Å². The molecule has 1 unspecified atom stereocenters. The molecule has 2 rings (SSSR count). The molecule has 2 heterocycles. The Morgan fingerprint density at radius 3 is 2.86 bits per heavy atom. The third-order valence-corrected chi connectivity index (χ3v) is 4.29. The van der Waals surface area contributed by atoms with Gasteiger partial charge < -0.3 is 4.74 Å². The molecule has 2 aromatic heterocycles. The maximum Gasteiger partial charge on any atom is 0.129 e. The lowest BCUT2D eigenvalue weighted by atomic mass is 10.2. The van der Waals surface area contributed by atoms with Crippen molar-refractivity contribution in [2.75, 3.05) is 13.7 Å². The highest BCUT2D eigenvalue weighted by atomic mass is 35.5. The van der Waals surface area contributed by atoms with Crippen LogP contribution in [0.5, 0.6) is 0 Å². The smallest absolute Gasteiger partial charge is 0.129 e. The zero-order chi connectivity index (χ0) is 15.2. The van der Waals surface area contributed by atoms with Gasteiger partial charge in [-0.25, -0.2) is 9.97 Å². The van der Waals surface area contributed by atoms with E-state index >= 15 is 0 Å². The molecule has 2 aromatic rings. The summed E-state index contributed by atoms with van der Waals surface area (Å²) in [5, 5.41) is 3.66. The zero-order valence-electron chi connectivity index (χ0n) is 12.5. The van der Waals surface area contributed by atoms with Crippen molar-refractivity contribution in [2.45, 2.75) is 33.0 Å². The van der Waals surface area contributed by atoms with Crippen LogP contribution < -0.4 is 0 Å². The number of hydrogen-bond acceptors (Lipinski definition) is 5. The van der Waals surface area contributed by atoms with Gasteiger partial charge in [0.2, 0.25) is 0 Å². The largest absolute Gasteiger partial charge is 0.372 e. The first-order valence-corrected chi connectivity index (χ1v) is 8.19. The SMILES string of the molecule is CCOC(C)c1nc(CN(C)Cc2ccc(Cl)nc2)cs1. The van der Waals surface area contributed by atoms with Gasteiger partial charge in [0, 0.05) is 31.3 Å². The summed E-state index contributed by atoms with van der Waals surface area (Å²) in [5.74, 6) is 0. The molecule has 4 nitrogen and oxygen atoms in total. The molecule has 0 amide bonds. The predicted molar refractivity (Wildman–Crippen MR) is 86.6 cm³/mol. The zero-order valence-corrected chi connectivity index (χ0v) is 14.1. The van der Waals surface area contributed by atoms with Crippen molar-refractivity contribution in [2.24, 2.45) is 0 Å². The van der Waals surface area contributed by atoms with Gasteiger partial charge in [0.15, 0.2) is 0 Å². The third kappa shape index (κ3) is 5.04. The van der Waals surface area contributed by atoms with Gasteiger partial charge in [-0.1, -0.05) is 17.7 Å². The second kappa shape index (κ2) is 7.84. The van der Waals surface area contributed by atoms with Crippen LogP contribution in [0.25, 0.3) is 0 Å². The Balaban J connectivity index is 1.90. The summed E-state index contributed by atoms with van der Waals surface area (Å²) in [6.07, 6.45) is 1.88. The Bertz CT molecular complexity index is 558. The summed E-state index contributed by atoms with van der Waals surface area (Å²) < 4.78 is 5.57. The molecule has 0 N–H and O–H groups in total. The van der Waals surface area contributed by atoms with E-state index in [1.807, 2.05) is 32.2 Å². The Kier molecular flexibility index (Phi) is 6.11. The molecular formula is C15H20ClN3OS. The van der Waals surface area contributed by atoms with Crippen LogP contribution in [0, 0.1) is 0 Å². The fourth-order valence-electron chi connectivity index (χ4n) is 2.05. The van der Waals surface area contributed by atoms with Crippen LogP contribution in [-0.4, -0.2) is 28.5 Å². The second-order valence-electron chi connectivity index (χ2n) is 4.94. The normalized spacial score (nSPS) is 12.8. The number of rotatable bonds is 7. The topological polar surface area (TPSA) is 38.2 Å². The van der Waals surface area contributed by atoms with Crippen molar-refractivity contribution in [1.29, 1.82) is 0 Å². The number of nitrogens with zero attached hydrogens (tertiary/aromatic N) is 3. The minimum atomic E-state index is 0.0690. The number of hydrogen-bond donors (Lipinski definition) is 0. The van der Waals surface area contributed by atoms with E-state index in [0.717, 1.165) is 29.4 Å². The highest BCUT2D eigenvalue weighted by Gasteiger charge is 2.11. The molecule has 0 aliphatic heterocycles. The van der Waals surface area contributed by atoms with E-state index in [9.17, 15) is 0 Å². The van der Waals surface area contributed by atoms with Gasteiger partial charge in [-0.2, -0.15) is 0 Å². The predicted octanol–water partition coefficient (Wildman–Crippen LogP) is 3.92. The highest BCUT2D eigenvalue weighted by molar-refractivity contribution is 7.09. The highest BCUT2D eigenvalue weighted by Crippen LogP contribution is 2.21. The molecule has 0 radical (unpaired) electrons. The standard InChI is InChI=1S/C15H20ClN3OS/c1-4-20-11(2)15-18-13(10-21-15)9-19(3)8-12-5-6-14(16)17-7-12/h5-7,10-11H,4,8-9H2,1-3H3. The molecule has 0 bridgehead atoms. The molecule has 0 spiro atoms. The minimum absolute atomic E-state index is 0.0690. The monoisotopic (exact) mass is 325 g/mol. The van der Waals surface area contributed by atoms with Crippen molar-refractivity contribution in [3.8, 4) is 0 Å². The van der Waals surface area contributed by atoms with Crippen LogP contribution in [0.1, 0.15) is 36.2 Å². The van der Waals surface area contributed by atoms with Crippen LogP contribution >= 0.6 is 22.9 Å². The maximum atomic E-state index is 5.79. The maximum absolute atomic E-state index is 5.79. The Morgan fingerprint density at radius 2 is 2.19 bits per heavy atom. The van der Waals surface area contributed by atoms with Crippen LogP contribution in [0.2, 0.25) is 5.15 Å². The second-order valence-corrected chi connectivity index (χ2v) is 6.21. The number of halogens is 1. The van der Waals surface area contributed by atoms with E-state index in [2.05, 4.69) is 27.3 Å². The first-order chi connectivity index (χ1) is 10.1. The van der Waals surface area contributed by atoms with Gasteiger partial charge in [-0.05, 0) is 32.5 Å². The van der Waals surface area contributed by atoms with Crippen LogP contribution in [0.4, 0.5) is 0 Å². The van der Waals surface area contributed by atoms with E-state index in [1.165, 1.54) is 0 Å². The lowest BCUT2D eigenvalue weighted by Gasteiger charge is -2.15. The minimum Gasteiger partial charge on any atom is -0.372 e. The number of thiazole rings is 1. The Labute approximate surface area is 134 Å². The van der Waals surface area contributed by atoms with E-state index in [1.54, 1.807) is 11.3 Å². The van der Waals surface area contributed by atoms with Crippen molar-refractivity contribution >= 4 is 22.9 Å². The molecule has 0 aromatic carbocycles. The van der Waals surface area contributed by atoms with Gasteiger partial charge in [0.1, 0.15) is 16.3 Å². The lowest BCUT2D eigenvalue weighted by Crippen LogP contribution is -2.17. The summed E-state index contributed by atoms with van der Waals surface area (Å²) in [4.78, 5) is 10.9. The van der Waals surface area contributed by atoms with Crippen LogP contribution in [-0.2, 0) is 17.8 Å². The fourth-order valence-corrected chi connectivity index (χ4v) is 2.97. The van der Waals surface area contributed by atoms with Crippen molar-refractivity contribution in [1.82, 2.24) is 14.9 Å². The lowest BCUT2D eigenvalue weighted by molar-refractivity contribution is 0.0760. The van der Waals surface area contributed by atoms with Crippen LogP contribution in [0.3, 0.4) is 0 Å². The quantitative estimate of drug-likeness (QED) is 0.723. The van der Waals surface area contributed by atoms with Gasteiger partial charge in [0.25, 0.3) is 0 Å². The van der Waals surface area contributed by atoms with E-state index in [0.29, 0.717) is 11.8 Å². The molecule has 21 heavy (non-hydrogen) atoms. The number of ether oxygens (including phenoxy) is 1. The average molecular weight is 326 g/mol. The Morgan fingerprint density at radius 1 is 1.38 bits per heavy atom. The summed E-state index contributed by atoms with van der Waals surface area (Å²) >= 11 is 7.45. The number of pyridine rings is 1. The molecular weight excluding hydrogens is 306 g/mol. The van der Waals surface area contributed by atoms with Gasteiger partial charge >= 0.3 is 0 Å². The Hall–Kier alpha value is -1.01. The molecule has 0 saturated carbocycles. The molecule has 114 valence electrons. The summed E-state index contributed by atoms with van der Waals surface area (Å²) in [6.45, 7) is 6.36. The summed E-state index contributed by atoms with van der Waals surface area (Å²) in [6, 6.07) is 3.81. The number of aromatic nitrogens is 2. The molecule has 0 saturated heterocycles. The molecule has 1 atom stereocenters. The average Bonchev–Trinajstić information content (AvgIpc) is 2.90. The molecule has 0 aliphatic carbocycles. The molecule has 6 heteroatoms. The van der Waals surface area contributed by atoms with Gasteiger partial charge in [-0.3, -0.25) is 4.90 Å². The first kappa shape index (κ1) is 16.4. The van der Waals surface area contributed by atoms with Crippen molar-refractivity contribution in [3.63, 3.8) is 0 Å². The van der Waals surface area contributed by atoms with Gasteiger partial charge in [-0.15, -0.1) is 11.3 Å². The third-order valence-electron chi connectivity index (χ3n) is 3.01. The first-order valence-electron chi connectivity index (χ1n) is 6.93. The van der Waals surface area contributed by atoms with E-state index in [4.69, 9.17) is 16.3 Å². The van der Waals surface area contributed by atoms with Crippen molar-refractivity contribution < 1.29 is 4.74 Å². The summed E-state index contributed by atoms with van der Waals surface area (Å²) in [7, 11) is 2.07. The summed E-state index contributed by atoms with van der Waals surface area (Å²) in [5.41, 5.74) is 2.21.